The zero-order valence-electron chi connectivity index (χ0n) is 19.8. The molecule has 4 rings (SSSR count). The van der Waals surface area contributed by atoms with Crippen molar-refractivity contribution >= 4 is 11.8 Å². The second-order valence-electron chi connectivity index (χ2n) is 10.8. The molecule has 2 aromatic carbocycles. The molecule has 3 atom stereocenters. The third kappa shape index (κ3) is 3.70. The highest BCUT2D eigenvalue weighted by molar-refractivity contribution is 8.00. The monoisotopic (exact) mass is 422 g/mol. The standard InChI is InChI=1S/C28H38OS/c1-18(2)21-12-10-13-22(19(3)4)26(21)30-25-15-16-28(7)24(27(25,5)6)17-20-11-8-9-14-23(20)29-28/h8-14,18-19,24-25H,15-17H2,1-7H3/t24-,25-,28-/m1/s1. The minimum atomic E-state index is -0.0621. The molecule has 0 unspecified atom stereocenters. The van der Waals surface area contributed by atoms with E-state index in [4.69, 9.17) is 4.74 Å². The van der Waals surface area contributed by atoms with Crippen molar-refractivity contribution in [1.29, 1.82) is 0 Å². The van der Waals surface area contributed by atoms with Gasteiger partial charge in [0.15, 0.2) is 0 Å². The number of hydrogen-bond donors (Lipinski definition) is 0. The van der Waals surface area contributed by atoms with E-state index in [1.807, 2.05) is 0 Å². The number of hydrogen-bond acceptors (Lipinski definition) is 2. The summed E-state index contributed by atoms with van der Waals surface area (Å²) in [7, 11) is 0. The molecular weight excluding hydrogens is 384 g/mol. The summed E-state index contributed by atoms with van der Waals surface area (Å²) in [6, 6.07) is 15.6. The van der Waals surface area contributed by atoms with E-state index in [-0.39, 0.29) is 11.0 Å². The molecule has 0 N–H and O–H groups in total. The maximum atomic E-state index is 6.67. The van der Waals surface area contributed by atoms with Crippen molar-refractivity contribution in [3.8, 4) is 5.75 Å². The van der Waals surface area contributed by atoms with E-state index < -0.39 is 0 Å². The van der Waals surface area contributed by atoms with E-state index in [2.05, 4.69) is 103 Å². The van der Waals surface area contributed by atoms with Crippen molar-refractivity contribution in [2.45, 2.75) is 95.3 Å². The second kappa shape index (κ2) is 7.93. The predicted molar refractivity (Wildman–Crippen MR) is 130 cm³/mol. The molecule has 162 valence electrons. The van der Waals surface area contributed by atoms with Crippen molar-refractivity contribution < 1.29 is 4.74 Å². The maximum Gasteiger partial charge on any atom is 0.123 e. The van der Waals surface area contributed by atoms with Gasteiger partial charge in [-0.3, -0.25) is 0 Å². The summed E-state index contributed by atoms with van der Waals surface area (Å²) in [4.78, 5) is 1.54. The molecule has 2 aliphatic rings. The normalized spacial score (nSPS) is 27.5. The zero-order chi connectivity index (χ0) is 21.7. The van der Waals surface area contributed by atoms with Gasteiger partial charge in [-0.05, 0) is 66.2 Å². The van der Waals surface area contributed by atoms with Crippen molar-refractivity contribution in [3.63, 3.8) is 0 Å². The Balaban J connectivity index is 1.69. The van der Waals surface area contributed by atoms with Crippen molar-refractivity contribution in [3.05, 3.63) is 59.2 Å². The minimum absolute atomic E-state index is 0.0621. The van der Waals surface area contributed by atoms with E-state index in [1.54, 1.807) is 4.90 Å². The average molecular weight is 423 g/mol. The SMILES string of the molecule is CC(C)c1cccc(C(C)C)c1S[C@@H]1CC[C@@]2(C)Oc3ccccc3C[C@@H]2C1(C)C. The number of rotatable bonds is 4. The first kappa shape index (κ1) is 21.8. The van der Waals surface area contributed by atoms with Crippen LogP contribution in [0.2, 0.25) is 0 Å². The molecular formula is C28H38OS. The predicted octanol–water partition coefficient (Wildman–Crippen LogP) is 8.22. The van der Waals surface area contributed by atoms with Gasteiger partial charge in [-0.2, -0.15) is 0 Å². The van der Waals surface area contributed by atoms with E-state index in [0.717, 1.165) is 18.6 Å². The lowest BCUT2D eigenvalue weighted by molar-refractivity contribution is -0.0782. The van der Waals surface area contributed by atoms with E-state index >= 15 is 0 Å². The molecule has 1 saturated carbocycles. The summed E-state index contributed by atoms with van der Waals surface area (Å²) in [5.74, 6) is 2.73. The topological polar surface area (TPSA) is 9.23 Å². The molecule has 1 aliphatic heterocycles. The Morgan fingerprint density at radius 2 is 1.53 bits per heavy atom. The summed E-state index contributed by atoms with van der Waals surface area (Å²) in [5, 5.41) is 0.599. The Morgan fingerprint density at radius 3 is 2.17 bits per heavy atom. The fourth-order valence-corrected chi connectivity index (χ4v) is 7.66. The molecule has 1 aliphatic carbocycles. The fourth-order valence-electron chi connectivity index (χ4n) is 5.79. The number of fused-ring (bicyclic) bond motifs is 2. The summed E-state index contributed by atoms with van der Waals surface area (Å²) in [5.41, 5.74) is 4.54. The van der Waals surface area contributed by atoms with Crippen LogP contribution in [0.4, 0.5) is 0 Å². The van der Waals surface area contributed by atoms with Crippen LogP contribution in [0.5, 0.6) is 5.75 Å². The van der Waals surface area contributed by atoms with Gasteiger partial charge in [-0.1, -0.05) is 77.9 Å². The molecule has 0 aromatic heterocycles. The zero-order valence-corrected chi connectivity index (χ0v) is 20.6. The van der Waals surface area contributed by atoms with Gasteiger partial charge in [0, 0.05) is 16.1 Å². The van der Waals surface area contributed by atoms with Crippen LogP contribution in [0.15, 0.2) is 47.4 Å². The fraction of sp³-hybridized carbons (Fsp3) is 0.571. The molecule has 30 heavy (non-hydrogen) atoms. The summed E-state index contributed by atoms with van der Waals surface area (Å²) in [6.07, 6.45) is 3.46. The van der Waals surface area contributed by atoms with Gasteiger partial charge < -0.3 is 4.74 Å². The Morgan fingerprint density at radius 1 is 0.900 bits per heavy atom. The van der Waals surface area contributed by atoms with Crippen LogP contribution in [0.1, 0.15) is 89.8 Å². The van der Waals surface area contributed by atoms with Gasteiger partial charge in [0.25, 0.3) is 0 Å². The molecule has 0 saturated heterocycles. The Hall–Kier alpha value is -1.41. The smallest absolute Gasteiger partial charge is 0.123 e. The lowest BCUT2D eigenvalue weighted by Crippen LogP contribution is -2.58. The molecule has 0 amide bonds. The molecule has 1 fully saturated rings. The highest BCUT2D eigenvalue weighted by atomic mass is 32.2. The summed E-state index contributed by atoms with van der Waals surface area (Å²) in [6.45, 7) is 16.7. The van der Waals surface area contributed by atoms with Crippen LogP contribution in [0.25, 0.3) is 0 Å². The molecule has 0 radical (unpaired) electrons. The van der Waals surface area contributed by atoms with Gasteiger partial charge in [0.1, 0.15) is 11.4 Å². The number of thioether (sulfide) groups is 1. The highest BCUT2D eigenvalue weighted by Gasteiger charge is 2.55. The van der Waals surface area contributed by atoms with Crippen LogP contribution in [-0.2, 0) is 6.42 Å². The molecule has 0 spiro atoms. The largest absolute Gasteiger partial charge is 0.487 e. The highest BCUT2D eigenvalue weighted by Crippen LogP contribution is 2.57. The van der Waals surface area contributed by atoms with Crippen LogP contribution in [0, 0.1) is 11.3 Å². The first-order chi connectivity index (χ1) is 14.1. The van der Waals surface area contributed by atoms with E-state index in [1.165, 1.54) is 23.1 Å². The second-order valence-corrected chi connectivity index (χ2v) is 12.0. The van der Waals surface area contributed by atoms with Crippen molar-refractivity contribution in [2.75, 3.05) is 0 Å². The summed E-state index contributed by atoms with van der Waals surface area (Å²) < 4.78 is 6.67. The molecule has 1 nitrogen and oxygen atoms in total. The van der Waals surface area contributed by atoms with Crippen LogP contribution in [0.3, 0.4) is 0 Å². The van der Waals surface area contributed by atoms with Crippen molar-refractivity contribution in [1.82, 2.24) is 0 Å². The average Bonchev–Trinajstić information content (AvgIpc) is 2.69. The Bertz CT molecular complexity index is 886. The van der Waals surface area contributed by atoms with Crippen molar-refractivity contribution in [2.24, 2.45) is 11.3 Å². The van der Waals surface area contributed by atoms with Gasteiger partial charge in [0.05, 0.1) is 0 Å². The quantitative estimate of drug-likeness (QED) is 0.491. The van der Waals surface area contributed by atoms with E-state index in [9.17, 15) is 0 Å². The van der Waals surface area contributed by atoms with Gasteiger partial charge in [-0.25, -0.2) is 0 Å². The molecule has 0 bridgehead atoms. The van der Waals surface area contributed by atoms with Gasteiger partial charge in [0.2, 0.25) is 0 Å². The first-order valence-corrected chi connectivity index (χ1v) is 12.6. The minimum Gasteiger partial charge on any atom is -0.487 e. The van der Waals surface area contributed by atoms with Crippen LogP contribution in [-0.4, -0.2) is 10.9 Å². The molecule has 2 aromatic rings. The first-order valence-electron chi connectivity index (χ1n) is 11.7. The lowest BCUT2D eigenvalue weighted by atomic mass is 9.59. The maximum absolute atomic E-state index is 6.67. The molecule has 1 heterocycles. The third-order valence-electron chi connectivity index (χ3n) is 7.69. The number of benzene rings is 2. The Kier molecular flexibility index (Phi) is 5.77. The molecule has 2 heteroatoms. The van der Waals surface area contributed by atoms with E-state index in [0.29, 0.717) is 23.0 Å². The Labute approximate surface area is 188 Å². The van der Waals surface area contributed by atoms with Gasteiger partial charge >= 0.3 is 0 Å². The number of para-hydroxylation sites is 1. The van der Waals surface area contributed by atoms with Crippen LogP contribution < -0.4 is 4.74 Å². The van der Waals surface area contributed by atoms with Crippen LogP contribution >= 0.6 is 11.8 Å². The third-order valence-corrected chi connectivity index (χ3v) is 9.52. The van der Waals surface area contributed by atoms with Gasteiger partial charge in [-0.15, -0.1) is 11.8 Å². The number of ether oxygens (including phenoxy) is 1. The lowest BCUT2D eigenvalue weighted by Gasteiger charge is -2.56. The summed E-state index contributed by atoms with van der Waals surface area (Å²) >= 11 is 2.16.